The highest BCUT2D eigenvalue weighted by molar-refractivity contribution is 6.31. The number of nitrogens with zero attached hydrogens (tertiary/aromatic N) is 1. The van der Waals surface area contributed by atoms with Crippen molar-refractivity contribution in [2.75, 3.05) is 11.4 Å². The van der Waals surface area contributed by atoms with Crippen molar-refractivity contribution in [3.05, 3.63) is 28.8 Å². The van der Waals surface area contributed by atoms with Gasteiger partial charge < -0.3 is 9.64 Å². The predicted molar refractivity (Wildman–Crippen MR) is 102 cm³/mol. The van der Waals surface area contributed by atoms with Crippen LogP contribution in [0.1, 0.15) is 46.1 Å². The van der Waals surface area contributed by atoms with Crippen LogP contribution in [0.2, 0.25) is 5.02 Å². The molecule has 1 saturated heterocycles. The molecular weight excluding hydrogens is 350 g/mol. The van der Waals surface area contributed by atoms with Crippen LogP contribution >= 0.6 is 11.6 Å². The molecule has 26 heavy (non-hydrogen) atoms. The van der Waals surface area contributed by atoms with Gasteiger partial charge in [-0.3, -0.25) is 9.59 Å². The lowest BCUT2D eigenvalue weighted by atomic mass is 9.55. The van der Waals surface area contributed by atoms with Gasteiger partial charge >= 0.3 is 0 Å². The summed E-state index contributed by atoms with van der Waals surface area (Å²) < 4.78 is 6.10. The van der Waals surface area contributed by atoms with Crippen molar-refractivity contribution in [2.24, 2.45) is 10.8 Å². The second-order valence-corrected chi connectivity index (χ2v) is 9.47. The lowest BCUT2D eigenvalue weighted by Crippen LogP contribution is -2.70. The van der Waals surface area contributed by atoms with Gasteiger partial charge in [-0.1, -0.05) is 31.5 Å². The highest BCUT2D eigenvalue weighted by Gasteiger charge is 2.62. The van der Waals surface area contributed by atoms with Crippen LogP contribution in [-0.4, -0.2) is 36.4 Å². The molecule has 4 rings (SSSR count). The monoisotopic (exact) mass is 375 g/mol. The Bertz CT molecular complexity index is 767. The molecule has 3 unspecified atom stereocenters. The van der Waals surface area contributed by atoms with E-state index in [2.05, 4.69) is 4.90 Å². The molecule has 1 aliphatic carbocycles. The molecule has 0 radical (unpaired) electrons. The van der Waals surface area contributed by atoms with E-state index in [9.17, 15) is 9.59 Å². The van der Waals surface area contributed by atoms with Gasteiger partial charge in [-0.25, -0.2) is 0 Å². The van der Waals surface area contributed by atoms with Gasteiger partial charge in [0.05, 0.1) is 18.2 Å². The minimum Gasteiger partial charge on any atom is -0.372 e. The van der Waals surface area contributed by atoms with Crippen molar-refractivity contribution in [3.8, 4) is 0 Å². The summed E-state index contributed by atoms with van der Waals surface area (Å²) >= 11 is 6.26. The minimum atomic E-state index is -1.00. The highest BCUT2D eigenvalue weighted by Crippen LogP contribution is 2.52. The minimum absolute atomic E-state index is 0.0356. The summed E-state index contributed by atoms with van der Waals surface area (Å²) in [6.07, 6.45) is 1.17. The fourth-order valence-electron chi connectivity index (χ4n) is 5.33. The fourth-order valence-corrected chi connectivity index (χ4v) is 5.50. The molecule has 0 N–H and O–H groups in total. The highest BCUT2D eigenvalue weighted by atomic mass is 35.5. The lowest BCUT2D eigenvalue weighted by Gasteiger charge is -2.57. The Morgan fingerprint density at radius 2 is 1.77 bits per heavy atom. The van der Waals surface area contributed by atoms with Crippen molar-refractivity contribution in [3.63, 3.8) is 0 Å². The Labute approximate surface area is 159 Å². The summed E-state index contributed by atoms with van der Waals surface area (Å²) in [6.45, 7) is 8.70. The number of carbonyl (C=O) groups excluding carboxylic acids is 2. The molecular formula is C21H26ClNO3. The van der Waals surface area contributed by atoms with Crippen LogP contribution in [0.15, 0.2) is 18.2 Å². The van der Waals surface area contributed by atoms with E-state index in [0.29, 0.717) is 30.8 Å². The molecule has 2 fully saturated rings. The van der Waals surface area contributed by atoms with Crippen molar-refractivity contribution in [1.82, 2.24) is 0 Å². The zero-order valence-electron chi connectivity index (χ0n) is 15.8. The van der Waals surface area contributed by atoms with Gasteiger partial charge in [0.15, 0.2) is 0 Å². The zero-order valence-corrected chi connectivity index (χ0v) is 16.6. The first-order valence-electron chi connectivity index (χ1n) is 9.41. The van der Waals surface area contributed by atoms with E-state index in [0.717, 1.165) is 11.3 Å². The Hall–Kier alpha value is -1.39. The van der Waals surface area contributed by atoms with Crippen LogP contribution in [0.3, 0.4) is 0 Å². The maximum absolute atomic E-state index is 13.4. The molecule has 1 saturated carbocycles. The summed E-state index contributed by atoms with van der Waals surface area (Å²) in [5, 5.41) is 0.674. The van der Waals surface area contributed by atoms with Crippen LogP contribution in [-0.2, 0) is 20.7 Å². The van der Waals surface area contributed by atoms with Crippen LogP contribution in [0.4, 0.5) is 5.69 Å². The molecule has 140 valence electrons. The first-order chi connectivity index (χ1) is 12.1. The van der Waals surface area contributed by atoms with E-state index in [4.69, 9.17) is 16.3 Å². The average molecular weight is 376 g/mol. The number of ether oxygens (including phenoxy) is 1. The molecule has 5 heteroatoms. The number of halogens is 1. The first kappa shape index (κ1) is 18.0. The van der Waals surface area contributed by atoms with Gasteiger partial charge in [0.2, 0.25) is 0 Å². The largest absolute Gasteiger partial charge is 0.372 e. The molecule has 0 amide bonds. The van der Waals surface area contributed by atoms with Gasteiger partial charge in [0.1, 0.15) is 17.0 Å². The van der Waals surface area contributed by atoms with E-state index in [-0.39, 0.29) is 35.2 Å². The predicted octanol–water partition coefficient (Wildman–Crippen LogP) is 3.82. The number of morpholine rings is 1. The van der Waals surface area contributed by atoms with E-state index < -0.39 is 5.41 Å². The van der Waals surface area contributed by atoms with Crippen LogP contribution in [0.5, 0.6) is 0 Å². The number of benzene rings is 1. The number of hydrogen-bond donors (Lipinski definition) is 0. The molecule has 2 aliphatic heterocycles. The van der Waals surface area contributed by atoms with Crippen molar-refractivity contribution in [2.45, 2.75) is 65.2 Å². The molecule has 1 aromatic rings. The molecule has 1 spiro atoms. The van der Waals surface area contributed by atoms with Crippen molar-refractivity contribution >= 4 is 28.9 Å². The van der Waals surface area contributed by atoms with E-state index >= 15 is 0 Å². The quantitative estimate of drug-likeness (QED) is 0.647. The summed E-state index contributed by atoms with van der Waals surface area (Å²) in [5.41, 5.74) is 0.806. The number of anilines is 1. The SMILES string of the molecule is CC1CN2c3cc(Cl)ccc3CC3(C(=O)CC(C)(C)CC3=O)C2C(C)O1. The normalized spacial score (nSPS) is 32.3. The van der Waals surface area contributed by atoms with Crippen LogP contribution < -0.4 is 4.90 Å². The Kier molecular flexibility index (Phi) is 4.02. The van der Waals surface area contributed by atoms with E-state index in [1.165, 1.54) is 0 Å². The molecule has 2 heterocycles. The number of ketones is 2. The molecule has 0 bridgehead atoms. The van der Waals surface area contributed by atoms with Gasteiger partial charge in [0.25, 0.3) is 0 Å². The third-order valence-corrected chi connectivity index (χ3v) is 6.52. The summed E-state index contributed by atoms with van der Waals surface area (Å²) in [4.78, 5) is 29.1. The molecule has 4 nitrogen and oxygen atoms in total. The molecule has 0 aromatic heterocycles. The van der Waals surface area contributed by atoms with E-state index in [1.807, 2.05) is 45.9 Å². The summed E-state index contributed by atoms with van der Waals surface area (Å²) in [6, 6.07) is 5.52. The van der Waals surface area contributed by atoms with Crippen molar-refractivity contribution < 1.29 is 14.3 Å². The third kappa shape index (κ3) is 2.53. The Morgan fingerprint density at radius 3 is 2.42 bits per heavy atom. The second kappa shape index (κ2) is 5.80. The number of Topliss-reactive ketones (excluding diaryl/α,β-unsaturated/α-hetero) is 2. The Balaban J connectivity index is 1.90. The lowest BCUT2D eigenvalue weighted by molar-refractivity contribution is -0.157. The number of carbonyl (C=O) groups is 2. The van der Waals surface area contributed by atoms with E-state index in [1.54, 1.807) is 0 Å². The van der Waals surface area contributed by atoms with Gasteiger partial charge in [-0.05, 0) is 43.4 Å². The fraction of sp³-hybridized carbons (Fsp3) is 0.619. The van der Waals surface area contributed by atoms with Gasteiger partial charge in [-0.15, -0.1) is 0 Å². The summed E-state index contributed by atoms with van der Waals surface area (Å²) in [7, 11) is 0. The number of fused-ring (bicyclic) bond motifs is 4. The van der Waals surface area contributed by atoms with Gasteiger partial charge in [0, 0.05) is 30.1 Å². The van der Waals surface area contributed by atoms with Crippen LogP contribution in [0, 0.1) is 10.8 Å². The topological polar surface area (TPSA) is 46.6 Å². The number of hydrogen-bond acceptors (Lipinski definition) is 4. The molecule has 1 aromatic carbocycles. The first-order valence-corrected chi connectivity index (χ1v) is 9.79. The van der Waals surface area contributed by atoms with Crippen molar-refractivity contribution in [1.29, 1.82) is 0 Å². The molecule has 3 atom stereocenters. The smallest absolute Gasteiger partial charge is 0.149 e. The Morgan fingerprint density at radius 1 is 1.12 bits per heavy atom. The summed E-state index contributed by atoms with van der Waals surface area (Å²) in [5.74, 6) is 0.138. The van der Waals surface area contributed by atoms with Gasteiger partial charge in [-0.2, -0.15) is 0 Å². The third-order valence-electron chi connectivity index (χ3n) is 6.29. The maximum atomic E-state index is 13.4. The zero-order chi connectivity index (χ0) is 18.9. The maximum Gasteiger partial charge on any atom is 0.149 e. The standard InChI is InChI=1S/C21H26ClNO3/c1-12-11-23-16-7-15(22)6-5-14(16)8-21(19(23)13(2)26-12)17(24)9-20(3,4)10-18(21)25/h5-7,12-13,19H,8-11H2,1-4H3. The molecule has 3 aliphatic rings. The van der Waals surface area contributed by atoms with Crippen LogP contribution in [0.25, 0.3) is 0 Å². The average Bonchev–Trinajstić information content (AvgIpc) is 2.51. The number of rotatable bonds is 0. The second-order valence-electron chi connectivity index (χ2n) is 9.03.